The van der Waals surface area contributed by atoms with Gasteiger partial charge >= 0.3 is 0 Å². The molecule has 0 bridgehead atoms. The lowest BCUT2D eigenvalue weighted by Crippen LogP contribution is -2.37. The van der Waals surface area contributed by atoms with Crippen LogP contribution < -0.4 is 10.2 Å². The van der Waals surface area contributed by atoms with E-state index in [4.69, 9.17) is 4.74 Å². The number of aryl methyl sites for hydroxylation is 2. The topological polar surface area (TPSA) is 102 Å². The molecule has 0 saturated carbocycles. The van der Waals surface area contributed by atoms with Crippen LogP contribution in [0.3, 0.4) is 0 Å². The first-order chi connectivity index (χ1) is 13.4. The number of nitro benzene ring substituents is 1. The van der Waals surface area contributed by atoms with Crippen molar-refractivity contribution < 1.29 is 19.2 Å². The van der Waals surface area contributed by atoms with Crippen molar-refractivity contribution in [2.45, 2.75) is 19.8 Å². The van der Waals surface area contributed by atoms with Crippen LogP contribution in [0.25, 0.3) is 0 Å². The zero-order valence-electron chi connectivity index (χ0n) is 15.7. The molecule has 2 aromatic rings. The molecule has 1 N–H and O–H groups in total. The van der Waals surface area contributed by atoms with Gasteiger partial charge < -0.3 is 15.0 Å². The molecule has 0 atom stereocenters. The number of benzene rings is 2. The van der Waals surface area contributed by atoms with Gasteiger partial charge in [-0.15, -0.1) is 0 Å². The van der Waals surface area contributed by atoms with E-state index in [1.807, 2.05) is 6.07 Å². The number of hydrogen-bond acceptors (Lipinski definition) is 5. The number of ether oxygens (including phenoxy) is 1. The molecule has 28 heavy (non-hydrogen) atoms. The van der Waals surface area contributed by atoms with Crippen LogP contribution >= 0.6 is 0 Å². The Morgan fingerprint density at radius 2 is 2.04 bits per heavy atom. The average Bonchev–Trinajstić information content (AvgIpc) is 2.67. The predicted octanol–water partition coefficient (Wildman–Crippen LogP) is 3.08. The lowest BCUT2D eigenvalue weighted by atomic mass is 10.0. The second-order valence-corrected chi connectivity index (χ2v) is 6.64. The first-order valence-electron chi connectivity index (χ1n) is 8.89. The van der Waals surface area contributed by atoms with Crippen molar-refractivity contribution in [3.8, 4) is 0 Å². The van der Waals surface area contributed by atoms with E-state index in [0.717, 1.165) is 24.1 Å². The summed E-state index contributed by atoms with van der Waals surface area (Å²) in [7, 11) is 1.47. The summed E-state index contributed by atoms with van der Waals surface area (Å²) in [6.45, 7) is 2.20. The first-order valence-corrected chi connectivity index (χ1v) is 8.89. The first kappa shape index (κ1) is 19.5. The van der Waals surface area contributed by atoms with E-state index < -0.39 is 10.8 Å². The number of hydrogen-bond donors (Lipinski definition) is 1. The maximum atomic E-state index is 12.6. The van der Waals surface area contributed by atoms with E-state index in [9.17, 15) is 19.7 Å². The third-order valence-electron chi connectivity index (χ3n) is 4.70. The third kappa shape index (κ3) is 4.01. The minimum Gasteiger partial charge on any atom is -0.375 e. The van der Waals surface area contributed by atoms with Crippen molar-refractivity contribution in [3.63, 3.8) is 0 Å². The summed E-state index contributed by atoms with van der Waals surface area (Å²) in [5.41, 5.74) is 2.88. The summed E-state index contributed by atoms with van der Waals surface area (Å²) >= 11 is 0. The van der Waals surface area contributed by atoms with Crippen LogP contribution in [-0.4, -0.2) is 37.0 Å². The van der Waals surface area contributed by atoms with Crippen LogP contribution in [0.1, 0.15) is 27.9 Å². The molecule has 0 spiro atoms. The van der Waals surface area contributed by atoms with Gasteiger partial charge in [0.1, 0.15) is 6.61 Å². The third-order valence-corrected chi connectivity index (χ3v) is 4.70. The fourth-order valence-corrected chi connectivity index (χ4v) is 3.26. The van der Waals surface area contributed by atoms with Crippen molar-refractivity contribution >= 4 is 28.9 Å². The zero-order valence-corrected chi connectivity index (χ0v) is 15.7. The fraction of sp³-hybridized carbons (Fsp3) is 0.300. The monoisotopic (exact) mass is 383 g/mol. The molecule has 146 valence electrons. The summed E-state index contributed by atoms with van der Waals surface area (Å²) in [4.78, 5) is 37.1. The molecule has 1 aliphatic rings. The number of fused-ring (bicyclic) bond motifs is 1. The van der Waals surface area contributed by atoms with Crippen LogP contribution in [0.2, 0.25) is 0 Å². The number of carbonyl (C=O) groups excluding carboxylic acids is 2. The maximum absolute atomic E-state index is 12.6. The second-order valence-electron chi connectivity index (χ2n) is 6.64. The molecule has 0 saturated heterocycles. The summed E-state index contributed by atoms with van der Waals surface area (Å²) in [5.74, 6) is -0.588. The lowest BCUT2D eigenvalue weighted by Gasteiger charge is -2.29. The highest BCUT2D eigenvalue weighted by molar-refractivity contribution is 6.05. The molecule has 2 aromatic carbocycles. The SMILES string of the molecule is COCC(=O)N1CCCc2ccc(NC(=O)c3ccc(C)c([N+](=O)[O-])c3)cc21. The van der Waals surface area contributed by atoms with Crippen LogP contribution in [0.5, 0.6) is 0 Å². The lowest BCUT2D eigenvalue weighted by molar-refractivity contribution is -0.385. The molecule has 1 aliphatic heterocycles. The summed E-state index contributed by atoms with van der Waals surface area (Å²) < 4.78 is 4.95. The normalized spacial score (nSPS) is 13.0. The van der Waals surface area contributed by atoms with Crippen molar-refractivity contribution in [2.24, 2.45) is 0 Å². The highest BCUT2D eigenvalue weighted by Crippen LogP contribution is 2.30. The average molecular weight is 383 g/mol. The highest BCUT2D eigenvalue weighted by atomic mass is 16.6. The molecule has 8 nitrogen and oxygen atoms in total. The Morgan fingerprint density at radius 3 is 2.75 bits per heavy atom. The van der Waals surface area contributed by atoms with Gasteiger partial charge in [-0.1, -0.05) is 12.1 Å². The minimum absolute atomic E-state index is 0.0109. The van der Waals surface area contributed by atoms with E-state index in [1.165, 1.54) is 13.2 Å². The number of nitrogens with one attached hydrogen (secondary N) is 1. The van der Waals surface area contributed by atoms with Crippen molar-refractivity contribution in [3.05, 3.63) is 63.2 Å². The fourth-order valence-electron chi connectivity index (χ4n) is 3.26. The largest absolute Gasteiger partial charge is 0.375 e. The molecular weight excluding hydrogens is 362 g/mol. The smallest absolute Gasteiger partial charge is 0.273 e. The predicted molar refractivity (Wildman–Crippen MR) is 105 cm³/mol. The van der Waals surface area contributed by atoms with Crippen LogP contribution in [0.15, 0.2) is 36.4 Å². The molecular formula is C20H21N3O5. The van der Waals surface area contributed by atoms with Crippen LogP contribution in [0.4, 0.5) is 17.1 Å². The number of amides is 2. The number of carbonyl (C=O) groups is 2. The summed E-state index contributed by atoms with van der Waals surface area (Å²) in [6, 6.07) is 9.76. The molecule has 0 fully saturated rings. The van der Waals surface area contributed by atoms with Gasteiger partial charge in [0.05, 0.1) is 4.92 Å². The van der Waals surface area contributed by atoms with Gasteiger partial charge in [-0.05, 0) is 43.5 Å². The van der Waals surface area contributed by atoms with E-state index in [-0.39, 0.29) is 23.8 Å². The zero-order chi connectivity index (χ0) is 20.3. The van der Waals surface area contributed by atoms with Gasteiger partial charge in [0.15, 0.2) is 0 Å². The number of rotatable bonds is 5. The molecule has 0 radical (unpaired) electrons. The molecule has 0 unspecified atom stereocenters. The Kier molecular flexibility index (Phi) is 5.70. The Balaban J connectivity index is 1.85. The highest BCUT2D eigenvalue weighted by Gasteiger charge is 2.23. The van der Waals surface area contributed by atoms with Crippen molar-refractivity contribution in [1.29, 1.82) is 0 Å². The molecule has 0 aliphatic carbocycles. The van der Waals surface area contributed by atoms with Crippen molar-refractivity contribution in [1.82, 2.24) is 0 Å². The Hall–Kier alpha value is -3.26. The van der Waals surface area contributed by atoms with Gasteiger partial charge in [0.25, 0.3) is 17.5 Å². The second kappa shape index (κ2) is 8.18. The van der Waals surface area contributed by atoms with Gasteiger partial charge in [-0.2, -0.15) is 0 Å². The Labute approximate surface area is 162 Å². The summed E-state index contributed by atoms with van der Waals surface area (Å²) in [5, 5.41) is 13.8. The standard InChI is InChI=1S/C20H21N3O5/c1-13-5-6-15(10-17(13)23(26)27)20(25)21-16-8-7-14-4-3-9-22(18(14)11-16)19(24)12-28-2/h5-8,10-11H,3-4,9,12H2,1-2H3,(H,21,25). The van der Waals surface area contributed by atoms with Gasteiger partial charge in [-0.3, -0.25) is 19.7 Å². The number of nitro groups is 1. The van der Waals surface area contributed by atoms with Gasteiger partial charge in [-0.25, -0.2) is 0 Å². The van der Waals surface area contributed by atoms with Gasteiger partial charge in [0, 0.05) is 42.2 Å². The number of methoxy groups -OCH3 is 1. The van der Waals surface area contributed by atoms with Crippen LogP contribution in [-0.2, 0) is 16.0 Å². The van der Waals surface area contributed by atoms with E-state index in [0.29, 0.717) is 17.8 Å². The van der Waals surface area contributed by atoms with Crippen LogP contribution in [0, 0.1) is 17.0 Å². The van der Waals surface area contributed by atoms with Gasteiger partial charge in [0.2, 0.25) is 0 Å². The molecule has 0 aromatic heterocycles. The quantitative estimate of drug-likeness (QED) is 0.631. The minimum atomic E-state index is -0.510. The Bertz CT molecular complexity index is 941. The van der Waals surface area contributed by atoms with E-state index >= 15 is 0 Å². The molecule has 3 rings (SSSR count). The maximum Gasteiger partial charge on any atom is 0.273 e. The number of nitrogens with zero attached hydrogens (tertiary/aromatic N) is 2. The molecule has 1 heterocycles. The van der Waals surface area contributed by atoms with E-state index in [2.05, 4.69) is 5.32 Å². The number of anilines is 2. The molecule has 8 heteroatoms. The molecule has 2 amide bonds. The van der Waals surface area contributed by atoms with E-state index in [1.54, 1.807) is 36.1 Å². The summed E-state index contributed by atoms with van der Waals surface area (Å²) in [6.07, 6.45) is 1.71. The Morgan fingerprint density at radius 1 is 1.25 bits per heavy atom. The van der Waals surface area contributed by atoms with Crippen molar-refractivity contribution in [2.75, 3.05) is 30.5 Å².